The Kier molecular flexibility index (Phi) is 46.7. The van der Waals surface area contributed by atoms with E-state index in [-0.39, 0.29) is 74.8 Å². The number of amides is 7. The third-order valence-electron chi connectivity index (χ3n) is 20.3. The summed E-state index contributed by atoms with van der Waals surface area (Å²) in [5.41, 5.74) is 8.53. The summed E-state index contributed by atoms with van der Waals surface area (Å²) in [7, 11) is 5.70. The molecule has 0 aliphatic carbocycles. The fraction of sp³-hybridized carbons (Fsp3) is 0.709. The van der Waals surface area contributed by atoms with Crippen molar-refractivity contribution in [2.45, 2.75) is 170 Å². The number of rotatable bonds is 35. The van der Waals surface area contributed by atoms with Crippen LogP contribution in [0.4, 0.5) is 24.0 Å². The maximum Gasteiger partial charge on any atom is 0.406 e. The number of nitrogens with one attached hydrogen (secondary N) is 7. The van der Waals surface area contributed by atoms with E-state index < -0.39 is 54.9 Å². The summed E-state index contributed by atoms with van der Waals surface area (Å²) in [4.78, 5) is 64.0. The fourth-order valence-corrected chi connectivity index (χ4v) is 14.7. The Hall–Kier alpha value is -5.72. The minimum atomic E-state index is -0.714. The quantitative estimate of drug-likeness (QED) is 0.0194. The Labute approximate surface area is 676 Å². The number of hydrogen-bond acceptors (Lipinski definition) is 23. The zero-order valence-corrected chi connectivity index (χ0v) is 68.5. The van der Waals surface area contributed by atoms with Gasteiger partial charge in [-0.2, -0.15) is 0 Å². The monoisotopic (exact) mass is 1640 g/mol. The number of morpholine rings is 3. The molecule has 9 rings (SSSR count). The largest absolute Gasteiger partial charge is 0.453 e. The Bertz CT molecular complexity index is 2970. The summed E-state index contributed by atoms with van der Waals surface area (Å²) in [6.45, 7) is 15.0. The van der Waals surface area contributed by atoms with Gasteiger partial charge in [-0.05, 0) is 149 Å². The standard InChI is InChI=1S/C27H42ClN3O7.C26H41ClN4O7.C15H21ClN2O4.C11H23NO2/c1-3-5-23(32)22(16-19-8-12-36-13-9-19)30-26(33)31-11-15-37-24(18-31)25(20-6-4-7-21(28)17-20)38-14-10-29-27(34)35-2;1-28-16-22(32)21(14-18-6-10-36-11-7-18)30-25(33)31-9-13-37-23(17-31)24(19-4-3-5-20(27)15-19)38-12-8-29-26(34)35-2;1-20-15(19)18-6-8-22-14(13-10-17-5-7-21-13)11-3-2-4-12(16)9-11;1-2-3-11(13)10(12)8-9-4-6-14-7-5-9/h4,6-7,17,19,22-25,32H,3,5,8-16,18H2,1-2H3,(H,29,34)(H,30,33);3-5,15,18,21-24,28,32H,6-14,16-17H2,1-2H3,(H,29,34)(H,30,33);2-4,9,13-14,17H,5-8,10H2,1H3,(H,18,19);9-11,13H,2-8,12H2,1H3/t22-,23+,24+,25-;21-,22+,23+,24-;13-,14+;10-,11+/m0010/s1. The lowest BCUT2D eigenvalue weighted by atomic mass is 9.89. The number of ether oxygens (including phenoxy) is 12. The molecule has 0 unspecified atom stereocenters. The summed E-state index contributed by atoms with van der Waals surface area (Å²) in [5, 5.41) is 53.3. The van der Waals surface area contributed by atoms with Crippen LogP contribution in [0.2, 0.25) is 15.1 Å². The summed E-state index contributed by atoms with van der Waals surface area (Å²) < 4.78 is 66.0. The SMILES string of the molecule is CCC[C@@H](O)[C@@H](N)CC1CCOCC1.CCC[C@@H](O)[C@H](CC1CCOCC1)NC(=O)N1CCO[C@@H]([C@@H](OCCNC(=O)OC)c2cccc(Cl)c2)C1.CNC[C@@H](O)[C@H](CC1CCOCC1)NC(=O)N1CCO[C@@H]([C@@H](OCCNC(=O)OC)c2cccc(Cl)c2)C1.COC(=O)NCCO[C@@H](c1cccc(Cl)c1)[C@H]1CNCCO1. The second kappa shape index (κ2) is 55.0. The molecular weight excluding hydrogens is 1520 g/mol. The maximum absolute atomic E-state index is 13.4. The van der Waals surface area contributed by atoms with Gasteiger partial charge < -0.3 is 125 Å². The van der Waals surface area contributed by atoms with Gasteiger partial charge in [0.05, 0.1) is 104 Å². The Morgan fingerprint density at radius 1 is 0.518 bits per heavy atom. The summed E-state index contributed by atoms with van der Waals surface area (Å²) in [6, 6.07) is 21.0. The Balaban J connectivity index is 0.000000247. The molecule has 3 aromatic rings. The second-order valence-electron chi connectivity index (χ2n) is 28.6. The second-order valence-corrected chi connectivity index (χ2v) is 29.9. The number of alkyl carbamates (subject to hydrolysis) is 3. The van der Waals surface area contributed by atoms with Gasteiger partial charge in [0.15, 0.2) is 0 Å². The molecule has 6 aliphatic heterocycles. The fourth-order valence-electron chi connectivity index (χ4n) is 14.1. The van der Waals surface area contributed by atoms with Gasteiger partial charge in [-0.15, -0.1) is 0 Å². The van der Waals surface area contributed by atoms with Crippen molar-refractivity contribution < 1.29 is 96.1 Å². The van der Waals surface area contributed by atoms with E-state index in [4.69, 9.17) is 83.2 Å². The predicted octanol–water partition coefficient (Wildman–Crippen LogP) is 8.47. The van der Waals surface area contributed by atoms with Crippen molar-refractivity contribution in [2.24, 2.45) is 23.5 Å². The van der Waals surface area contributed by atoms with Crippen LogP contribution in [0, 0.1) is 17.8 Å². The van der Waals surface area contributed by atoms with Gasteiger partial charge in [0, 0.05) is 113 Å². The van der Waals surface area contributed by atoms with Crippen LogP contribution in [0.15, 0.2) is 72.8 Å². The van der Waals surface area contributed by atoms with Crippen LogP contribution in [0.1, 0.15) is 132 Å². The molecule has 6 saturated heterocycles. The normalized spacial score (nSPS) is 20.9. The van der Waals surface area contributed by atoms with E-state index in [1.807, 2.05) is 61.5 Å². The highest BCUT2D eigenvalue weighted by molar-refractivity contribution is 6.31. The van der Waals surface area contributed by atoms with Gasteiger partial charge in [0.2, 0.25) is 0 Å². The van der Waals surface area contributed by atoms with E-state index in [0.29, 0.717) is 131 Å². The lowest BCUT2D eigenvalue weighted by Gasteiger charge is -2.38. The van der Waals surface area contributed by atoms with Crippen molar-refractivity contribution in [1.82, 2.24) is 47.0 Å². The van der Waals surface area contributed by atoms with E-state index in [9.17, 15) is 39.3 Å². The first-order valence-electron chi connectivity index (χ1n) is 39.7. The molecule has 12 N–H and O–H groups in total. The number of carbonyl (C=O) groups is 5. The lowest BCUT2D eigenvalue weighted by molar-refractivity contribution is -0.105. The maximum atomic E-state index is 13.4. The number of aliphatic hydroxyl groups is 3. The van der Waals surface area contributed by atoms with Crippen molar-refractivity contribution >= 4 is 65.1 Å². The topological polar surface area (TPSA) is 374 Å². The number of nitrogens with two attached hydrogens (primary N) is 1. The van der Waals surface area contributed by atoms with Crippen molar-refractivity contribution in [2.75, 3.05) is 173 Å². The first-order valence-corrected chi connectivity index (χ1v) is 40.8. The van der Waals surface area contributed by atoms with Crippen LogP contribution in [-0.2, 0) is 56.8 Å². The van der Waals surface area contributed by atoms with E-state index in [1.54, 1.807) is 35.0 Å². The molecule has 6 aliphatic rings. The van der Waals surface area contributed by atoms with Gasteiger partial charge in [0.25, 0.3) is 0 Å². The molecule has 30 nitrogen and oxygen atoms in total. The number of halogens is 3. The first kappa shape index (κ1) is 95.1. The van der Waals surface area contributed by atoms with Crippen molar-refractivity contribution in [3.05, 3.63) is 105 Å². The van der Waals surface area contributed by atoms with Crippen LogP contribution in [0.5, 0.6) is 0 Å². The summed E-state index contributed by atoms with van der Waals surface area (Å²) >= 11 is 18.5. The van der Waals surface area contributed by atoms with Crippen LogP contribution in [0.25, 0.3) is 0 Å². The molecular formula is C79H127Cl3N10O20. The van der Waals surface area contributed by atoms with Crippen molar-refractivity contribution in [1.29, 1.82) is 0 Å². The van der Waals surface area contributed by atoms with Crippen LogP contribution < -0.4 is 43.0 Å². The van der Waals surface area contributed by atoms with E-state index in [0.717, 1.165) is 120 Å². The molecule has 12 atom stereocenters. The molecule has 6 fully saturated rings. The van der Waals surface area contributed by atoms with E-state index >= 15 is 0 Å². The molecule has 0 aromatic heterocycles. The minimum Gasteiger partial charge on any atom is -0.453 e. The molecule has 3 aromatic carbocycles. The smallest absolute Gasteiger partial charge is 0.406 e. The molecule has 0 bridgehead atoms. The third kappa shape index (κ3) is 35.8. The number of benzene rings is 3. The highest BCUT2D eigenvalue weighted by Crippen LogP contribution is 2.33. The molecule has 0 spiro atoms. The average Bonchev–Trinajstić information content (AvgIpc) is 0.821. The highest BCUT2D eigenvalue weighted by atomic mass is 35.5. The Morgan fingerprint density at radius 2 is 0.884 bits per heavy atom. The number of likely N-dealkylation sites (N-methyl/N-ethyl adjacent to an activating group) is 1. The summed E-state index contributed by atoms with van der Waals surface area (Å²) in [6.07, 6.45) is 6.13. The van der Waals surface area contributed by atoms with Crippen LogP contribution >= 0.6 is 34.8 Å². The average molecular weight is 1640 g/mol. The molecule has 0 saturated carbocycles. The molecule has 634 valence electrons. The van der Waals surface area contributed by atoms with Gasteiger partial charge in [0.1, 0.15) is 36.6 Å². The predicted molar refractivity (Wildman–Crippen MR) is 426 cm³/mol. The number of nitrogens with zero attached hydrogens (tertiary/aromatic N) is 2. The number of aliphatic hydroxyl groups excluding tert-OH is 3. The van der Waals surface area contributed by atoms with Gasteiger partial charge in [-0.1, -0.05) is 97.9 Å². The first-order chi connectivity index (χ1) is 54.2. The summed E-state index contributed by atoms with van der Waals surface area (Å²) in [5.74, 6) is 1.46. The molecule has 6 heterocycles. The third-order valence-corrected chi connectivity index (χ3v) is 21.0. The number of urea groups is 2. The number of carbonyl (C=O) groups excluding carboxylic acids is 5. The molecule has 33 heteroatoms. The molecule has 0 radical (unpaired) electrons. The van der Waals surface area contributed by atoms with Gasteiger partial charge >= 0.3 is 30.3 Å². The minimum absolute atomic E-state index is 0.0435. The number of methoxy groups -OCH3 is 3. The molecule has 7 amide bonds. The number of hydrogen-bond donors (Lipinski definition) is 11. The lowest BCUT2D eigenvalue weighted by Crippen LogP contribution is -2.56. The van der Waals surface area contributed by atoms with Crippen molar-refractivity contribution in [3.63, 3.8) is 0 Å². The van der Waals surface area contributed by atoms with Crippen LogP contribution in [0.3, 0.4) is 0 Å². The molecule has 112 heavy (non-hydrogen) atoms. The zero-order valence-electron chi connectivity index (χ0n) is 66.2. The highest BCUT2D eigenvalue weighted by Gasteiger charge is 2.38. The van der Waals surface area contributed by atoms with Crippen LogP contribution in [-0.4, -0.2) is 283 Å². The zero-order chi connectivity index (χ0) is 80.8. The van der Waals surface area contributed by atoms with Gasteiger partial charge in [-0.3, -0.25) is 0 Å². The van der Waals surface area contributed by atoms with E-state index in [2.05, 4.69) is 58.4 Å². The van der Waals surface area contributed by atoms with Crippen molar-refractivity contribution in [3.8, 4) is 0 Å². The van der Waals surface area contributed by atoms with E-state index in [1.165, 1.54) is 21.3 Å². The Morgan fingerprint density at radius 3 is 1.24 bits per heavy atom. The van der Waals surface area contributed by atoms with Gasteiger partial charge in [-0.25, -0.2) is 24.0 Å².